The smallest absolute Gasteiger partial charge is 0.138 e. The molecule has 3 nitrogen and oxygen atoms in total. The van der Waals surface area contributed by atoms with E-state index < -0.39 is 0 Å². The van der Waals surface area contributed by atoms with Crippen LogP contribution in [0.15, 0.2) is 48.7 Å². The van der Waals surface area contributed by atoms with Crippen LogP contribution in [0.1, 0.15) is 5.56 Å². The monoisotopic (exact) mass is 268 g/mol. The van der Waals surface area contributed by atoms with E-state index in [4.69, 9.17) is 10.5 Å². The molecule has 2 aromatic carbocycles. The van der Waals surface area contributed by atoms with Gasteiger partial charge in [0.2, 0.25) is 0 Å². The van der Waals surface area contributed by atoms with Gasteiger partial charge in [-0.05, 0) is 42.8 Å². The maximum absolute atomic E-state index is 13.3. The van der Waals surface area contributed by atoms with Crippen LogP contribution in [-0.4, -0.2) is 4.98 Å². The number of nitrogen functional groups attached to an aromatic ring is 1. The average Bonchev–Trinajstić information content (AvgIpc) is 2.43. The Labute approximate surface area is 115 Å². The Morgan fingerprint density at radius 1 is 1.05 bits per heavy atom. The van der Waals surface area contributed by atoms with Gasteiger partial charge in [-0.2, -0.15) is 0 Å². The molecule has 4 heteroatoms. The molecule has 1 heterocycles. The van der Waals surface area contributed by atoms with Gasteiger partial charge in [0, 0.05) is 23.3 Å². The Morgan fingerprint density at radius 2 is 1.90 bits per heavy atom. The third-order valence-corrected chi connectivity index (χ3v) is 3.10. The predicted octanol–water partition coefficient (Wildman–Crippen LogP) is 4.06. The van der Waals surface area contributed by atoms with Crippen LogP contribution in [0.4, 0.5) is 10.1 Å². The lowest BCUT2D eigenvalue weighted by Crippen LogP contribution is -1.92. The topological polar surface area (TPSA) is 48.1 Å². The zero-order valence-electron chi connectivity index (χ0n) is 10.9. The molecule has 20 heavy (non-hydrogen) atoms. The van der Waals surface area contributed by atoms with Crippen molar-refractivity contribution in [3.05, 3.63) is 60.0 Å². The number of ether oxygens (including phenoxy) is 1. The molecular formula is C16H13FN2O. The molecule has 0 saturated heterocycles. The lowest BCUT2D eigenvalue weighted by atomic mass is 10.2. The number of benzene rings is 2. The van der Waals surface area contributed by atoms with Crippen molar-refractivity contribution >= 4 is 16.6 Å². The van der Waals surface area contributed by atoms with Crippen LogP contribution in [-0.2, 0) is 0 Å². The second-order valence-corrected chi connectivity index (χ2v) is 4.60. The molecule has 0 saturated carbocycles. The molecule has 0 spiro atoms. The first-order valence-electron chi connectivity index (χ1n) is 6.22. The molecule has 2 N–H and O–H groups in total. The summed E-state index contributed by atoms with van der Waals surface area (Å²) in [6.07, 6.45) is 1.64. The molecule has 1 aromatic heterocycles. The fraction of sp³-hybridized carbons (Fsp3) is 0.0625. The van der Waals surface area contributed by atoms with Crippen LogP contribution in [0.5, 0.6) is 11.5 Å². The Bertz CT molecular complexity index is 787. The second-order valence-electron chi connectivity index (χ2n) is 4.60. The van der Waals surface area contributed by atoms with E-state index in [1.54, 1.807) is 30.5 Å². The maximum atomic E-state index is 13.3. The van der Waals surface area contributed by atoms with Crippen LogP contribution < -0.4 is 10.5 Å². The van der Waals surface area contributed by atoms with E-state index in [1.807, 2.05) is 13.0 Å². The lowest BCUT2D eigenvalue weighted by molar-refractivity contribution is 0.478. The van der Waals surface area contributed by atoms with Gasteiger partial charge in [-0.3, -0.25) is 4.98 Å². The van der Waals surface area contributed by atoms with E-state index in [1.165, 1.54) is 12.1 Å². The number of aryl methyl sites for hydroxylation is 1. The summed E-state index contributed by atoms with van der Waals surface area (Å²) in [4.78, 5) is 4.25. The molecule has 0 fully saturated rings. The van der Waals surface area contributed by atoms with Crippen molar-refractivity contribution < 1.29 is 9.13 Å². The van der Waals surface area contributed by atoms with Gasteiger partial charge in [0.25, 0.3) is 0 Å². The highest BCUT2D eigenvalue weighted by Gasteiger charge is 2.07. The van der Waals surface area contributed by atoms with Crippen molar-refractivity contribution in [2.45, 2.75) is 6.92 Å². The normalized spacial score (nSPS) is 10.7. The molecule has 3 aromatic rings. The molecule has 0 radical (unpaired) electrons. The zero-order chi connectivity index (χ0) is 14.1. The summed E-state index contributed by atoms with van der Waals surface area (Å²) >= 11 is 0. The van der Waals surface area contributed by atoms with Crippen molar-refractivity contribution in [2.24, 2.45) is 0 Å². The van der Waals surface area contributed by atoms with Crippen LogP contribution in [0.3, 0.4) is 0 Å². The Hall–Kier alpha value is -2.62. The first-order chi connectivity index (χ1) is 9.63. The summed E-state index contributed by atoms with van der Waals surface area (Å²) < 4.78 is 19.1. The van der Waals surface area contributed by atoms with Crippen molar-refractivity contribution in [3.63, 3.8) is 0 Å². The second kappa shape index (κ2) is 4.81. The number of nitrogens with two attached hydrogens (primary N) is 1. The summed E-state index contributed by atoms with van der Waals surface area (Å²) in [5.41, 5.74) is 8.00. The number of nitrogens with zero attached hydrogens (tertiary/aromatic N) is 1. The SMILES string of the molecule is Cc1ccc(F)cc1Oc1ccnc2cc(N)ccc12. The molecule has 3 rings (SSSR count). The van der Waals surface area contributed by atoms with E-state index in [-0.39, 0.29) is 5.82 Å². The summed E-state index contributed by atoms with van der Waals surface area (Å²) in [6, 6.07) is 11.6. The number of hydrogen-bond acceptors (Lipinski definition) is 3. The number of hydrogen-bond donors (Lipinski definition) is 1. The van der Waals surface area contributed by atoms with E-state index in [9.17, 15) is 4.39 Å². The zero-order valence-corrected chi connectivity index (χ0v) is 10.9. The Kier molecular flexibility index (Phi) is 2.99. The van der Waals surface area contributed by atoms with E-state index >= 15 is 0 Å². The lowest BCUT2D eigenvalue weighted by Gasteiger charge is -2.11. The van der Waals surface area contributed by atoms with Gasteiger partial charge in [0.1, 0.15) is 17.3 Å². The van der Waals surface area contributed by atoms with Crippen molar-refractivity contribution in [3.8, 4) is 11.5 Å². The Morgan fingerprint density at radius 3 is 2.75 bits per heavy atom. The Balaban J connectivity index is 2.09. The highest BCUT2D eigenvalue weighted by atomic mass is 19.1. The highest BCUT2D eigenvalue weighted by molar-refractivity contribution is 5.87. The van der Waals surface area contributed by atoms with Gasteiger partial charge in [0.15, 0.2) is 0 Å². The minimum atomic E-state index is -0.326. The molecule has 0 atom stereocenters. The minimum Gasteiger partial charge on any atom is -0.456 e. The van der Waals surface area contributed by atoms with Crippen LogP contribution in [0.2, 0.25) is 0 Å². The van der Waals surface area contributed by atoms with E-state index in [0.717, 1.165) is 16.5 Å². The standard InChI is InChI=1S/C16H13FN2O/c1-10-2-3-11(17)8-16(10)20-15-6-7-19-14-9-12(18)4-5-13(14)15/h2-9H,18H2,1H3. The summed E-state index contributed by atoms with van der Waals surface area (Å²) in [7, 11) is 0. The summed E-state index contributed by atoms with van der Waals surface area (Å²) in [5.74, 6) is 0.797. The van der Waals surface area contributed by atoms with E-state index in [0.29, 0.717) is 17.2 Å². The predicted molar refractivity (Wildman–Crippen MR) is 77.4 cm³/mol. The maximum Gasteiger partial charge on any atom is 0.138 e. The van der Waals surface area contributed by atoms with Gasteiger partial charge in [-0.15, -0.1) is 0 Å². The minimum absolute atomic E-state index is 0.326. The van der Waals surface area contributed by atoms with Gasteiger partial charge in [0.05, 0.1) is 5.52 Å². The third-order valence-electron chi connectivity index (χ3n) is 3.10. The van der Waals surface area contributed by atoms with Gasteiger partial charge in [-0.1, -0.05) is 6.07 Å². The van der Waals surface area contributed by atoms with Gasteiger partial charge in [-0.25, -0.2) is 4.39 Å². The quantitative estimate of drug-likeness (QED) is 0.713. The molecule has 0 aliphatic carbocycles. The molecule has 0 bridgehead atoms. The first-order valence-corrected chi connectivity index (χ1v) is 6.22. The number of rotatable bonds is 2. The molecule has 0 amide bonds. The number of fused-ring (bicyclic) bond motifs is 1. The van der Waals surface area contributed by atoms with Crippen LogP contribution >= 0.6 is 0 Å². The summed E-state index contributed by atoms with van der Waals surface area (Å²) in [6.45, 7) is 1.87. The van der Waals surface area contributed by atoms with Crippen molar-refractivity contribution in [1.29, 1.82) is 0 Å². The fourth-order valence-corrected chi connectivity index (χ4v) is 2.03. The molecular weight excluding hydrogens is 255 g/mol. The highest BCUT2D eigenvalue weighted by Crippen LogP contribution is 2.31. The average molecular weight is 268 g/mol. The number of aromatic nitrogens is 1. The third kappa shape index (κ3) is 2.28. The largest absolute Gasteiger partial charge is 0.456 e. The molecule has 0 unspecified atom stereocenters. The molecule has 100 valence electrons. The van der Waals surface area contributed by atoms with Gasteiger partial charge >= 0.3 is 0 Å². The van der Waals surface area contributed by atoms with E-state index in [2.05, 4.69) is 4.98 Å². The number of anilines is 1. The van der Waals surface area contributed by atoms with Crippen molar-refractivity contribution in [2.75, 3.05) is 5.73 Å². The number of pyridine rings is 1. The molecule has 0 aliphatic heterocycles. The first kappa shape index (κ1) is 12.4. The summed E-state index contributed by atoms with van der Waals surface area (Å²) in [5, 5.41) is 0.838. The fourth-order valence-electron chi connectivity index (χ4n) is 2.03. The van der Waals surface area contributed by atoms with Gasteiger partial charge < -0.3 is 10.5 Å². The van der Waals surface area contributed by atoms with Crippen LogP contribution in [0.25, 0.3) is 10.9 Å². The molecule has 0 aliphatic rings. The number of halogens is 1. The van der Waals surface area contributed by atoms with Crippen molar-refractivity contribution in [1.82, 2.24) is 4.98 Å². The van der Waals surface area contributed by atoms with Crippen LogP contribution in [0, 0.1) is 12.7 Å².